The third-order valence-electron chi connectivity index (χ3n) is 3.72. The molecule has 0 saturated carbocycles. The average Bonchev–Trinajstić information content (AvgIpc) is 3.07. The zero-order valence-corrected chi connectivity index (χ0v) is 17.1. The molecule has 1 aromatic heterocycles. The van der Waals surface area contributed by atoms with Gasteiger partial charge in [-0.1, -0.05) is 59.5 Å². The van der Waals surface area contributed by atoms with Gasteiger partial charge in [0.25, 0.3) is 5.91 Å². The normalized spacial score (nSPS) is 11.8. The molecule has 1 amide bonds. The number of nitrogens with zero attached hydrogens (tertiary/aromatic N) is 2. The molecule has 1 atom stereocenters. The number of aryl methyl sites for hydroxylation is 2. The molecule has 0 saturated heterocycles. The number of rotatable bonds is 7. The van der Waals surface area contributed by atoms with Gasteiger partial charge in [0.2, 0.25) is 5.13 Å². The van der Waals surface area contributed by atoms with E-state index in [1.165, 1.54) is 16.9 Å². The lowest BCUT2D eigenvalue weighted by molar-refractivity contribution is -0.122. The standard InChI is InChI=1S/C20H21N3O2S2/c1-13-9-14(2)11-17(10-13)25-15(3)18(24)21-19-22-23-20(27-19)26-12-16-7-5-4-6-8-16/h4-11,15H,12H2,1-3H3,(H,21,22,24). The van der Waals surface area contributed by atoms with Crippen molar-refractivity contribution in [2.45, 2.75) is 37.0 Å². The summed E-state index contributed by atoms with van der Waals surface area (Å²) in [4.78, 5) is 12.4. The molecule has 7 heteroatoms. The summed E-state index contributed by atoms with van der Waals surface area (Å²) >= 11 is 2.96. The fourth-order valence-electron chi connectivity index (χ4n) is 2.50. The highest BCUT2D eigenvalue weighted by atomic mass is 32.2. The van der Waals surface area contributed by atoms with Crippen LogP contribution in [0.1, 0.15) is 23.6 Å². The van der Waals surface area contributed by atoms with E-state index in [0.717, 1.165) is 21.2 Å². The Labute approximate surface area is 167 Å². The fraction of sp³-hybridized carbons (Fsp3) is 0.250. The number of anilines is 1. The molecule has 0 aliphatic rings. The SMILES string of the molecule is Cc1cc(C)cc(OC(C)C(=O)Nc2nnc(SCc3ccccc3)s2)c1. The Bertz CT molecular complexity index is 892. The second kappa shape index (κ2) is 9.01. The molecule has 0 bridgehead atoms. The summed E-state index contributed by atoms with van der Waals surface area (Å²) in [7, 11) is 0. The summed E-state index contributed by atoms with van der Waals surface area (Å²) in [5, 5.41) is 11.4. The molecule has 1 heterocycles. The molecule has 5 nitrogen and oxygen atoms in total. The van der Waals surface area contributed by atoms with Crippen molar-refractivity contribution < 1.29 is 9.53 Å². The molecule has 0 radical (unpaired) electrons. The molecule has 3 aromatic rings. The van der Waals surface area contributed by atoms with E-state index in [1.54, 1.807) is 18.7 Å². The number of carbonyl (C=O) groups is 1. The predicted octanol–water partition coefficient (Wildman–Crippen LogP) is 4.85. The average molecular weight is 400 g/mol. The van der Waals surface area contributed by atoms with E-state index < -0.39 is 6.10 Å². The summed E-state index contributed by atoms with van der Waals surface area (Å²) in [5.41, 5.74) is 3.42. The lowest BCUT2D eigenvalue weighted by atomic mass is 10.1. The van der Waals surface area contributed by atoms with Crippen LogP contribution >= 0.6 is 23.1 Å². The first kappa shape index (κ1) is 19.4. The van der Waals surface area contributed by atoms with Crippen molar-refractivity contribution in [2.75, 3.05) is 5.32 Å². The third-order valence-corrected chi connectivity index (χ3v) is 5.76. The van der Waals surface area contributed by atoms with E-state index in [2.05, 4.69) is 33.7 Å². The second-order valence-electron chi connectivity index (χ2n) is 6.22. The Balaban J connectivity index is 1.53. The van der Waals surface area contributed by atoms with Crippen molar-refractivity contribution >= 4 is 34.1 Å². The molecule has 0 aliphatic heterocycles. The van der Waals surface area contributed by atoms with Crippen LogP contribution in [0.4, 0.5) is 5.13 Å². The first-order valence-electron chi connectivity index (χ1n) is 8.55. The first-order chi connectivity index (χ1) is 13.0. The maximum atomic E-state index is 12.4. The van der Waals surface area contributed by atoms with Crippen LogP contribution in [0.15, 0.2) is 52.9 Å². The van der Waals surface area contributed by atoms with Crippen molar-refractivity contribution in [3.63, 3.8) is 0 Å². The van der Waals surface area contributed by atoms with E-state index >= 15 is 0 Å². The highest BCUT2D eigenvalue weighted by Crippen LogP contribution is 2.28. The Morgan fingerprint density at radius 1 is 1.15 bits per heavy atom. The number of thioether (sulfide) groups is 1. The van der Waals surface area contributed by atoms with Gasteiger partial charge in [0, 0.05) is 5.75 Å². The maximum absolute atomic E-state index is 12.4. The molecule has 0 spiro atoms. The van der Waals surface area contributed by atoms with Crippen molar-refractivity contribution in [1.82, 2.24) is 10.2 Å². The quantitative estimate of drug-likeness (QED) is 0.454. The van der Waals surface area contributed by atoms with Gasteiger partial charge in [-0.15, -0.1) is 10.2 Å². The number of carbonyl (C=O) groups excluding carboxylic acids is 1. The van der Waals surface area contributed by atoms with Gasteiger partial charge in [0.15, 0.2) is 10.4 Å². The number of hydrogen-bond acceptors (Lipinski definition) is 6. The van der Waals surface area contributed by atoms with E-state index in [-0.39, 0.29) is 5.91 Å². The summed E-state index contributed by atoms with van der Waals surface area (Å²) in [6.45, 7) is 5.72. The highest BCUT2D eigenvalue weighted by Gasteiger charge is 2.17. The van der Waals surface area contributed by atoms with Crippen molar-refractivity contribution in [1.29, 1.82) is 0 Å². The molecular weight excluding hydrogens is 378 g/mol. The molecule has 0 fully saturated rings. The minimum Gasteiger partial charge on any atom is -0.481 e. The zero-order valence-electron chi connectivity index (χ0n) is 15.4. The van der Waals surface area contributed by atoms with Gasteiger partial charge in [-0.2, -0.15) is 0 Å². The van der Waals surface area contributed by atoms with Gasteiger partial charge in [-0.05, 0) is 49.6 Å². The largest absolute Gasteiger partial charge is 0.481 e. The van der Waals surface area contributed by atoms with Crippen molar-refractivity contribution in [2.24, 2.45) is 0 Å². The summed E-state index contributed by atoms with van der Waals surface area (Å²) in [6.07, 6.45) is -0.629. The van der Waals surface area contributed by atoms with Crippen LogP contribution < -0.4 is 10.1 Å². The lowest BCUT2D eigenvalue weighted by Crippen LogP contribution is -2.30. The Morgan fingerprint density at radius 2 is 1.85 bits per heavy atom. The maximum Gasteiger partial charge on any atom is 0.266 e. The van der Waals surface area contributed by atoms with Gasteiger partial charge in [0.05, 0.1) is 0 Å². The molecule has 3 rings (SSSR count). The number of amides is 1. The number of nitrogens with one attached hydrogen (secondary N) is 1. The molecule has 27 heavy (non-hydrogen) atoms. The highest BCUT2D eigenvalue weighted by molar-refractivity contribution is 8.00. The smallest absolute Gasteiger partial charge is 0.266 e. The predicted molar refractivity (Wildman–Crippen MR) is 111 cm³/mol. The number of hydrogen-bond donors (Lipinski definition) is 1. The summed E-state index contributed by atoms with van der Waals surface area (Å²) in [5.74, 6) is 1.26. The fourth-order valence-corrected chi connectivity index (χ4v) is 4.21. The van der Waals surface area contributed by atoms with Gasteiger partial charge < -0.3 is 4.74 Å². The van der Waals surface area contributed by atoms with Gasteiger partial charge in [0.1, 0.15) is 5.75 Å². The first-order valence-corrected chi connectivity index (χ1v) is 10.4. The van der Waals surface area contributed by atoms with Gasteiger partial charge in [-0.3, -0.25) is 10.1 Å². The number of ether oxygens (including phenoxy) is 1. The topological polar surface area (TPSA) is 64.1 Å². The van der Waals surface area contributed by atoms with Crippen LogP contribution in [0.3, 0.4) is 0 Å². The third kappa shape index (κ3) is 5.80. The van der Waals surface area contributed by atoms with Crippen LogP contribution in [0, 0.1) is 13.8 Å². The monoisotopic (exact) mass is 399 g/mol. The van der Waals surface area contributed by atoms with E-state index in [1.807, 2.05) is 44.2 Å². The van der Waals surface area contributed by atoms with Crippen LogP contribution in [0.5, 0.6) is 5.75 Å². The minimum atomic E-state index is -0.629. The van der Waals surface area contributed by atoms with Gasteiger partial charge >= 0.3 is 0 Å². The van der Waals surface area contributed by atoms with Crippen LogP contribution in [0.2, 0.25) is 0 Å². The minimum absolute atomic E-state index is 0.245. The zero-order chi connectivity index (χ0) is 19.2. The molecule has 1 N–H and O–H groups in total. The Hall–Kier alpha value is -2.38. The molecule has 1 unspecified atom stereocenters. The number of aromatic nitrogens is 2. The van der Waals surface area contributed by atoms with Gasteiger partial charge in [-0.25, -0.2) is 0 Å². The summed E-state index contributed by atoms with van der Waals surface area (Å²) in [6, 6.07) is 16.1. The van der Waals surface area contributed by atoms with Crippen LogP contribution in [-0.4, -0.2) is 22.2 Å². The molecule has 2 aromatic carbocycles. The second-order valence-corrected chi connectivity index (χ2v) is 8.42. The van der Waals surface area contributed by atoms with E-state index in [9.17, 15) is 4.79 Å². The molecule has 0 aliphatic carbocycles. The number of benzene rings is 2. The molecule has 140 valence electrons. The Morgan fingerprint density at radius 3 is 2.56 bits per heavy atom. The van der Waals surface area contributed by atoms with Crippen LogP contribution in [0.25, 0.3) is 0 Å². The van der Waals surface area contributed by atoms with E-state index in [4.69, 9.17) is 4.74 Å². The summed E-state index contributed by atoms with van der Waals surface area (Å²) < 4.78 is 6.58. The van der Waals surface area contributed by atoms with Crippen molar-refractivity contribution in [3.8, 4) is 5.75 Å². The lowest BCUT2D eigenvalue weighted by Gasteiger charge is -2.14. The molecular formula is C20H21N3O2S2. The van der Waals surface area contributed by atoms with Crippen molar-refractivity contribution in [3.05, 3.63) is 65.2 Å². The van der Waals surface area contributed by atoms with E-state index in [0.29, 0.717) is 10.9 Å². The van der Waals surface area contributed by atoms with Crippen LogP contribution in [-0.2, 0) is 10.5 Å². The Kier molecular flexibility index (Phi) is 6.47.